The van der Waals surface area contributed by atoms with Crippen molar-refractivity contribution < 1.29 is 9.53 Å². The first-order valence-corrected chi connectivity index (χ1v) is 10.6. The van der Waals surface area contributed by atoms with Crippen LogP contribution in [0.1, 0.15) is 32.2 Å². The van der Waals surface area contributed by atoms with Crippen LogP contribution in [-0.2, 0) is 6.42 Å². The van der Waals surface area contributed by atoms with Crippen LogP contribution in [0.2, 0.25) is 0 Å². The van der Waals surface area contributed by atoms with Crippen molar-refractivity contribution >= 4 is 22.9 Å². The van der Waals surface area contributed by atoms with E-state index in [1.807, 2.05) is 37.3 Å². The predicted octanol–water partition coefficient (Wildman–Crippen LogP) is 4.09. The number of aromatic nitrogens is 3. The Morgan fingerprint density at radius 1 is 1.16 bits per heavy atom. The topological polar surface area (TPSA) is 89.0 Å². The summed E-state index contributed by atoms with van der Waals surface area (Å²) in [6.07, 6.45) is 0.530. The number of aromatic amines is 1. The molecule has 0 saturated carbocycles. The second-order valence-corrected chi connectivity index (χ2v) is 8.09. The smallest absolute Gasteiger partial charge is 0.277 e. The van der Waals surface area contributed by atoms with Gasteiger partial charge in [-0.05, 0) is 31.5 Å². The second kappa shape index (κ2) is 8.61. The molecule has 7 nitrogen and oxygen atoms in total. The van der Waals surface area contributed by atoms with Crippen LogP contribution in [0.5, 0.6) is 5.75 Å². The first-order chi connectivity index (χ1) is 15.0. The summed E-state index contributed by atoms with van der Waals surface area (Å²) in [6, 6.07) is 17.0. The Kier molecular flexibility index (Phi) is 5.73. The SMILES string of the molecule is COc1cccc(NC(=O)c2sc(-n3[nH]c(C)c(Cc4ccccc4)c3=O)nc2C)c1. The van der Waals surface area contributed by atoms with Crippen molar-refractivity contribution in [1.29, 1.82) is 0 Å². The van der Waals surface area contributed by atoms with Crippen molar-refractivity contribution in [2.75, 3.05) is 12.4 Å². The lowest BCUT2D eigenvalue weighted by molar-refractivity contribution is 0.103. The maximum absolute atomic E-state index is 13.0. The largest absolute Gasteiger partial charge is 0.497 e. The lowest BCUT2D eigenvalue weighted by Crippen LogP contribution is -2.17. The van der Waals surface area contributed by atoms with Crippen molar-refractivity contribution in [3.05, 3.63) is 92.3 Å². The Labute approximate surface area is 183 Å². The number of amides is 1. The van der Waals surface area contributed by atoms with E-state index in [1.54, 1.807) is 38.3 Å². The minimum atomic E-state index is -0.282. The number of rotatable bonds is 6. The van der Waals surface area contributed by atoms with Crippen LogP contribution in [0, 0.1) is 13.8 Å². The summed E-state index contributed by atoms with van der Waals surface area (Å²) in [6.45, 7) is 3.62. The summed E-state index contributed by atoms with van der Waals surface area (Å²) >= 11 is 1.17. The van der Waals surface area contributed by atoms with E-state index in [0.717, 1.165) is 11.3 Å². The van der Waals surface area contributed by atoms with Crippen molar-refractivity contribution in [3.63, 3.8) is 0 Å². The summed E-state index contributed by atoms with van der Waals surface area (Å²) in [7, 11) is 1.57. The molecule has 0 saturated heterocycles. The fraction of sp³-hybridized carbons (Fsp3) is 0.174. The number of aryl methyl sites for hydroxylation is 2. The number of ether oxygens (including phenoxy) is 1. The van der Waals surface area contributed by atoms with Gasteiger partial charge in [0, 0.05) is 29.4 Å². The molecule has 158 valence electrons. The molecule has 0 atom stereocenters. The highest BCUT2D eigenvalue weighted by Crippen LogP contribution is 2.24. The molecule has 0 spiro atoms. The molecule has 2 heterocycles. The van der Waals surface area contributed by atoms with Crippen LogP contribution in [0.15, 0.2) is 59.4 Å². The standard InChI is InChI=1S/C23H22N4O3S/c1-14-19(12-16-8-5-4-6-9-16)22(29)27(26-14)23-24-15(2)20(31-23)21(28)25-17-10-7-11-18(13-17)30-3/h4-11,13,26H,12H2,1-3H3,(H,25,28). The van der Waals surface area contributed by atoms with Gasteiger partial charge in [-0.2, -0.15) is 4.68 Å². The van der Waals surface area contributed by atoms with Gasteiger partial charge in [0.1, 0.15) is 10.6 Å². The third-order valence-corrected chi connectivity index (χ3v) is 6.07. The number of carbonyl (C=O) groups is 1. The monoisotopic (exact) mass is 434 g/mol. The molecule has 0 unspecified atom stereocenters. The Balaban J connectivity index is 1.61. The molecule has 0 aliphatic heterocycles. The van der Waals surface area contributed by atoms with Crippen LogP contribution in [0.25, 0.3) is 5.13 Å². The molecule has 2 N–H and O–H groups in total. The van der Waals surface area contributed by atoms with Crippen molar-refractivity contribution in [3.8, 4) is 10.9 Å². The quantitative estimate of drug-likeness (QED) is 0.478. The minimum absolute atomic E-state index is 0.158. The Morgan fingerprint density at radius 2 is 1.94 bits per heavy atom. The van der Waals surface area contributed by atoms with Gasteiger partial charge in [0.15, 0.2) is 0 Å². The first kappa shape index (κ1) is 20.6. The number of nitrogens with zero attached hydrogens (tertiary/aromatic N) is 2. The van der Waals surface area contributed by atoms with Crippen molar-refractivity contribution in [1.82, 2.24) is 14.8 Å². The summed E-state index contributed by atoms with van der Waals surface area (Å²) < 4.78 is 6.60. The van der Waals surface area contributed by atoms with Crippen molar-refractivity contribution in [2.24, 2.45) is 0 Å². The maximum Gasteiger partial charge on any atom is 0.277 e. The van der Waals surface area contributed by atoms with E-state index >= 15 is 0 Å². The number of benzene rings is 2. The highest BCUT2D eigenvalue weighted by molar-refractivity contribution is 7.16. The van der Waals surface area contributed by atoms with Gasteiger partial charge in [-0.25, -0.2) is 4.98 Å². The van der Waals surface area contributed by atoms with E-state index < -0.39 is 0 Å². The van der Waals surface area contributed by atoms with E-state index in [1.165, 1.54) is 16.0 Å². The lowest BCUT2D eigenvalue weighted by atomic mass is 10.1. The van der Waals surface area contributed by atoms with Crippen LogP contribution in [0.4, 0.5) is 5.69 Å². The summed E-state index contributed by atoms with van der Waals surface area (Å²) in [4.78, 5) is 30.7. The highest BCUT2D eigenvalue weighted by Gasteiger charge is 2.20. The van der Waals surface area contributed by atoms with Gasteiger partial charge >= 0.3 is 0 Å². The van der Waals surface area contributed by atoms with E-state index in [0.29, 0.717) is 39.1 Å². The van der Waals surface area contributed by atoms with Gasteiger partial charge in [-0.1, -0.05) is 47.7 Å². The van der Waals surface area contributed by atoms with E-state index in [-0.39, 0.29) is 11.5 Å². The van der Waals surface area contributed by atoms with Crippen LogP contribution >= 0.6 is 11.3 Å². The fourth-order valence-electron chi connectivity index (χ4n) is 3.30. The van der Waals surface area contributed by atoms with Gasteiger partial charge in [0.2, 0.25) is 5.13 Å². The normalized spacial score (nSPS) is 10.8. The maximum atomic E-state index is 13.0. The zero-order chi connectivity index (χ0) is 22.0. The fourth-order valence-corrected chi connectivity index (χ4v) is 4.22. The molecule has 1 amide bonds. The number of hydrogen-bond donors (Lipinski definition) is 2. The van der Waals surface area contributed by atoms with E-state index in [9.17, 15) is 9.59 Å². The highest BCUT2D eigenvalue weighted by atomic mass is 32.1. The third-order valence-electron chi connectivity index (χ3n) is 4.93. The molecule has 2 aromatic carbocycles. The summed E-state index contributed by atoms with van der Waals surface area (Å²) in [5.74, 6) is 0.370. The predicted molar refractivity (Wildman–Crippen MR) is 122 cm³/mol. The van der Waals surface area contributed by atoms with Crippen LogP contribution in [0.3, 0.4) is 0 Å². The molecule has 0 aliphatic rings. The molecule has 4 aromatic rings. The number of carbonyl (C=O) groups excluding carboxylic acids is 1. The van der Waals surface area contributed by atoms with Gasteiger partial charge in [-0.3, -0.25) is 14.7 Å². The molecule has 4 rings (SSSR count). The van der Waals surface area contributed by atoms with Gasteiger partial charge in [0.25, 0.3) is 11.5 Å². The zero-order valence-electron chi connectivity index (χ0n) is 17.4. The number of thiazole rings is 1. The number of hydrogen-bond acceptors (Lipinski definition) is 5. The Bertz CT molecular complexity index is 1290. The second-order valence-electron chi connectivity index (χ2n) is 7.12. The van der Waals surface area contributed by atoms with Gasteiger partial charge in [0.05, 0.1) is 12.8 Å². The van der Waals surface area contributed by atoms with Crippen LogP contribution < -0.4 is 15.6 Å². The summed E-state index contributed by atoms with van der Waals surface area (Å²) in [5, 5.41) is 6.39. The number of H-pyrrole nitrogens is 1. The average molecular weight is 435 g/mol. The number of nitrogens with one attached hydrogen (secondary N) is 2. The summed E-state index contributed by atoms with van der Waals surface area (Å²) in [5.41, 5.74) is 3.55. The molecule has 8 heteroatoms. The molecule has 0 radical (unpaired) electrons. The van der Waals surface area contributed by atoms with E-state index in [4.69, 9.17) is 4.74 Å². The Morgan fingerprint density at radius 3 is 2.68 bits per heavy atom. The number of methoxy groups -OCH3 is 1. The Hall–Kier alpha value is -3.65. The zero-order valence-corrected chi connectivity index (χ0v) is 18.2. The first-order valence-electron chi connectivity index (χ1n) is 9.74. The molecule has 31 heavy (non-hydrogen) atoms. The van der Waals surface area contributed by atoms with Gasteiger partial charge < -0.3 is 10.1 Å². The van der Waals surface area contributed by atoms with Crippen LogP contribution in [-0.4, -0.2) is 27.8 Å². The third kappa shape index (κ3) is 4.29. The molecule has 0 aliphatic carbocycles. The van der Waals surface area contributed by atoms with Crippen molar-refractivity contribution in [2.45, 2.75) is 20.3 Å². The molecular weight excluding hydrogens is 412 g/mol. The minimum Gasteiger partial charge on any atom is -0.497 e. The average Bonchev–Trinajstić information content (AvgIpc) is 3.29. The van der Waals surface area contributed by atoms with E-state index in [2.05, 4.69) is 15.4 Å². The van der Waals surface area contributed by atoms with Gasteiger partial charge in [-0.15, -0.1) is 0 Å². The molecular formula is C23H22N4O3S. The molecule has 0 fully saturated rings. The molecule has 0 bridgehead atoms. The lowest BCUT2D eigenvalue weighted by Gasteiger charge is -2.06. The molecule has 2 aromatic heterocycles. The number of anilines is 1.